The standard InChI is InChI=1S/C16H32N2O/c1-2-19-16-10-7-12-18(14-16)13-11-17-15-8-5-3-4-6-9-15/h15-17H,2-14H2,1H3. The molecule has 0 bridgehead atoms. The quantitative estimate of drug-likeness (QED) is 0.750. The Kier molecular flexibility index (Phi) is 7.18. The highest BCUT2D eigenvalue weighted by molar-refractivity contribution is 4.75. The fourth-order valence-corrected chi connectivity index (χ4v) is 3.50. The molecule has 1 saturated heterocycles. The van der Waals surface area contributed by atoms with Crippen LogP contribution in [0.3, 0.4) is 0 Å². The maximum absolute atomic E-state index is 5.76. The molecule has 0 spiro atoms. The third-order valence-corrected chi connectivity index (χ3v) is 4.58. The minimum absolute atomic E-state index is 0.483. The summed E-state index contributed by atoms with van der Waals surface area (Å²) < 4.78 is 5.76. The maximum Gasteiger partial charge on any atom is 0.0702 e. The third kappa shape index (κ3) is 5.80. The van der Waals surface area contributed by atoms with E-state index in [1.165, 1.54) is 64.5 Å². The number of likely N-dealkylation sites (tertiary alicyclic amines) is 1. The van der Waals surface area contributed by atoms with Crippen molar-refractivity contribution in [2.45, 2.75) is 70.4 Å². The fraction of sp³-hybridized carbons (Fsp3) is 1.00. The van der Waals surface area contributed by atoms with Crippen molar-refractivity contribution in [2.24, 2.45) is 0 Å². The summed E-state index contributed by atoms with van der Waals surface area (Å²) in [5.74, 6) is 0. The highest BCUT2D eigenvalue weighted by atomic mass is 16.5. The number of rotatable bonds is 6. The summed E-state index contributed by atoms with van der Waals surface area (Å²) in [5.41, 5.74) is 0. The predicted octanol–water partition coefficient (Wildman–Crippen LogP) is 2.80. The smallest absolute Gasteiger partial charge is 0.0702 e. The van der Waals surface area contributed by atoms with Gasteiger partial charge in [0.1, 0.15) is 0 Å². The Morgan fingerprint density at radius 2 is 1.84 bits per heavy atom. The van der Waals surface area contributed by atoms with Crippen LogP contribution < -0.4 is 5.32 Å². The van der Waals surface area contributed by atoms with Gasteiger partial charge in [0.25, 0.3) is 0 Å². The zero-order chi connectivity index (χ0) is 13.3. The minimum atomic E-state index is 0.483. The molecule has 1 saturated carbocycles. The molecule has 0 aromatic rings. The van der Waals surface area contributed by atoms with Crippen molar-refractivity contribution in [3.63, 3.8) is 0 Å². The molecule has 1 atom stereocenters. The second-order valence-electron chi connectivity index (χ2n) is 6.16. The molecule has 1 heterocycles. The molecule has 0 aromatic heterocycles. The molecule has 0 aromatic carbocycles. The van der Waals surface area contributed by atoms with Crippen LogP contribution in [0.25, 0.3) is 0 Å². The van der Waals surface area contributed by atoms with E-state index >= 15 is 0 Å². The molecule has 1 N–H and O–H groups in total. The Morgan fingerprint density at radius 3 is 2.58 bits per heavy atom. The molecule has 1 unspecified atom stereocenters. The highest BCUT2D eigenvalue weighted by Gasteiger charge is 2.19. The van der Waals surface area contributed by atoms with Crippen LogP contribution in [0, 0.1) is 0 Å². The van der Waals surface area contributed by atoms with E-state index in [1.54, 1.807) is 0 Å². The lowest BCUT2D eigenvalue weighted by Crippen LogP contribution is -2.44. The van der Waals surface area contributed by atoms with Crippen molar-refractivity contribution in [2.75, 3.05) is 32.8 Å². The van der Waals surface area contributed by atoms with Crippen LogP contribution in [-0.4, -0.2) is 49.8 Å². The summed E-state index contributed by atoms with van der Waals surface area (Å²) in [6, 6.07) is 0.787. The number of ether oxygens (including phenoxy) is 1. The van der Waals surface area contributed by atoms with E-state index in [-0.39, 0.29) is 0 Å². The van der Waals surface area contributed by atoms with Crippen molar-refractivity contribution < 1.29 is 4.74 Å². The second kappa shape index (κ2) is 8.93. The van der Waals surface area contributed by atoms with Crippen molar-refractivity contribution in [3.05, 3.63) is 0 Å². The van der Waals surface area contributed by atoms with Gasteiger partial charge in [0, 0.05) is 32.3 Å². The van der Waals surface area contributed by atoms with E-state index in [4.69, 9.17) is 4.74 Å². The van der Waals surface area contributed by atoms with Gasteiger partial charge in [-0.1, -0.05) is 25.7 Å². The van der Waals surface area contributed by atoms with Crippen LogP contribution in [0.4, 0.5) is 0 Å². The average Bonchev–Trinajstić information content (AvgIpc) is 2.68. The van der Waals surface area contributed by atoms with Gasteiger partial charge in [0.2, 0.25) is 0 Å². The molecule has 2 fully saturated rings. The lowest BCUT2D eigenvalue weighted by molar-refractivity contribution is 0.00618. The molecular formula is C16H32N2O. The molecule has 3 nitrogen and oxygen atoms in total. The number of nitrogens with zero attached hydrogens (tertiary/aromatic N) is 1. The van der Waals surface area contributed by atoms with Crippen molar-refractivity contribution in [1.29, 1.82) is 0 Å². The van der Waals surface area contributed by atoms with Gasteiger partial charge in [0.05, 0.1) is 6.10 Å². The van der Waals surface area contributed by atoms with Gasteiger partial charge < -0.3 is 10.1 Å². The van der Waals surface area contributed by atoms with Crippen molar-refractivity contribution in [1.82, 2.24) is 10.2 Å². The first-order chi connectivity index (χ1) is 9.38. The molecule has 1 aliphatic heterocycles. The molecule has 2 aliphatic rings. The molecule has 19 heavy (non-hydrogen) atoms. The molecular weight excluding hydrogens is 236 g/mol. The van der Waals surface area contributed by atoms with Gasteiger partial charge in [-0.3, -0.25) is 4.90 Å². The zero-order valence-corrected chi connectivity index (χ0v) is 12.7. The predicted molar refractivity (Wildman–Crippen MR) is 80.6 cm³/mol. The normalized spacial score (nSPS) is 27.3. The Bertz CT molecular complexity index is 225. The molecule has 3 heteroatoms. The Balaban J connectivity index is 1.59. The lowest BCUT2D eigenvalue weighted by Gasteiger charge is -2.32. The Labute approximate surface area is 119 Å². The van der Waals surface area contributed by atoms with E-state index in [0.29, 0.717) is 6.10 Å². The maximum atomic E-state index is 5.76. The van der Waals surface area contributed by atoms with Gasteiger partial charge in [-0.25, -0.2) is 0 Å². The van der Waals surface area contributed by atoms with Gasteiger partial charge in [0.15, 0.2) is 0 Å². The van der Waals surface area contributed by atoms with Crippen molar-refractivity contribution in [3.8, 4) is 0 Å². The first-order valence-electron chi connectivity index (χ1n) is 8.46. The van der Waals surface area contributed by atoms with Crippen LogP contribution in [0.5, 0.6) is 0 Å². The van der Waals surface area contributed by atoms with E-state index in [0.717, 1.165) is 25.7 Å². The summed E-state index contributed by atoms with van der Waals surface area (Å²) in [7, 11) is 0. The number of nitrogens with one attached hydrogen (secondary N) is 1. The van der Waals surface area contributed by atoms with Crippen LogP contribution in [0.1, 0.15) is 58.3 Å². The van der Waals surface area contributed by atoms with E-state index in [1.807, 2.05) is 0 Å². The monoisotopic (exact) mass is 268 g/mol. The van der Waals surface area contributed by atoms with Crippen LogP contribution in [0.15, 0.2) is 0 Å². The number of hydrogen-bond donors (Lipinski definition) is 1. The Morgan fingerprint density at radius 1 is 1.05 bits per heavy atom. The second-order valence-corrected chi connectivity index (χ2v) is 6.16. The summed E-state index contributed by atoms with van der Waals surface area (Å²) in [4.78, 5) is 2.58. The minimum Gasteiger partial charge on any atom is -0.377 e. The van der Waals surface area contributed by atoms with E-state index in [2.05, 4.69) is 17.1 Å². The first-order valence-corrected chi connectivity index (χ1v) is 8.46. The van der Waals surface area contributed by atoms with Crippen LogP contribution in [-0.2, 0) is 4.74 Å². The van der Waals surface area contributed by atoms with E-state index < -0.39 is 0 Å². The van der Waals surface area contributed by atoms with E-state index in [9.17, 15) is 0 Å². The van der Waals surface area contributed by atoms with Gasteiger partial charge >= 0.3 is 0 Å². The topological polar surface area (TPSA) is 24.5 Å². The highest BCUT2D eigenvalue weighted by Crippen LogP contribution is 2.17. The zero-order valence-electron chi connectivity index (χ0n) is 12.7. The van der Waals surface area contributed by atoms with Gasteiger partial charge in [-0.15, -0.1) is 0 Å². The Hall–Kier alpha value is -0.120. The summed E-state index contributed by atoms with van der Waals surface area (Å²) >= 11 is 0. The summed E-state index contributed by atoms with van der Waals surface area (Å²) in [6.45, 7) is 7.71. The number of hydrogen-bond acceptors (Lipinski definition) is 3. The molecule has 112 valence electrons. The molecule has 0 amide bonds. The fourth-order valence-electron chi connectivity index (χ4n) is 3.50. The summed E-state index contributed by atoms with van der Waals surface area (Å²) in [6.07, 6.45) is 11.6. The van der Waals surface area contributed by atoms with Gasteiger partial charge in [-0.2, -0.15) is 0 Å². The average molecular weight is 268 g/mol. The SMILES string of the molecule is CCOC1CCCN(CCNC2CCCCCC2)C1. The largest absolute Gasteiger partial charge is 0.377 e. The summed E-state index contributed by atoms with van der Waals surface area (Å²) in [5, 5.41) is 3.77. The lowest BCUT2D eigenvalue weighted by atomic mass is 10.1. The molecule has 0 radical (unpaired) electrons. The van der Waals surface area contributed by atoms with Gasteiger partial charge in [-0.05, 0) is 39.2 Å². The first kappa shape index (κ1) is 15.3. The van der Waals surface area contributed by atoms with Crippen LogP contribution >= 0.6 is 0 Å². The molecule has 2 rings (SSSR count). The molecule has 1 aliphatic carbocycles. The third-order valence-electron chi connectivity index (χ3n) is 4.58. The number of piperidine rings is 1. The van der Waals surface area contributed by atoms with Crippen molar-refractivity contribution >= 4 is 0 Å². The van der Waals surface area contributed by atoms with Crippen LogP contribution in [0.2, 0.25) is 0 Å².